The minimum Gasteiger partial charge on any atom is -0.352 e. The van der Waals surface area contributed by atoms with E-state index in [1.54, 1.807) is 49.4 Å². The Kier molecular flexibility index (Phi) is 11.1. The van der Waals surface area contributed by atoms with Crippen LogP contribution in [0.2, 0.25) is 20.1 Å². The molecular weight excluding hydrogens is 640 g/mol. The maximum atomic E-state index is 14.2. The summed E-state index contributed by atoms with van der Waals surface area (Å²) in [5.74, 6) is -0.925. The van der Waals surface area contributed by atoms with Gasteiger partial charge in [0.05, 0.1) is 20.6 Å². The van der Waals surface area contributed by atoms with Crippen LogP contribution in [0.5, 0.6) is 0 Å². The van der Waals surface area contributed by atoms with E-state index >= 15 is 0 Å². The molecule has 1 unspecified atom stereocenters. The molecule has 7 nitrogen and oxygen atoms in total. The van der Waals surface area contributed by atoms with Gasteiger partial charge in [-0.1, -0.05) is 96.5 Å². The lowest BCUT2D eigenvalue weighted by molar-refractivity contribution is -0.140. The van der Waals surface area contributed by atoms with Crippen LogP contribution in [-0.4, -0.2) is 43.8 Å². The van der Waals surface area contributed by atoms with Gasteiger partial charge in [0.1, 0.15) is 12.6 Å². The predicted octanol–water partition coefficient (Wildman–Crippen LogP) is 7.36. The average molecular weight is 671 g/mol. The molecule has 1 aliphatic carbocycles. The van der Waals surface area contributed by atoms with Crippen LogP contribution in [0.25, 0.3) is 0 Å². The first-order valence-corrected chi connectivity index (χ1v) is 16.5. The molecule has 2 amide bonds. The largest absolute Gasteiger partial charge is 0.352 e. The van der Waals surface area contributed by atoms with Crippen molar-refractivity contribution in [3.63, 3.8) is 0 Å². The van der Waals surface area contributed by atoms with E-state index in [4.69, 9.17) is 46.4 Å². The molecule has 0 aromatic heterocycles. The molecule has 0 radical (unpaired) electrons. The number of carbonyl (C=O) groups is 2. The summed E-state index contributed by atoms with van der Waals surface area (Å²) in [5, 5.41) is 3.92. The summed E-state index contributed by atoms with van der Waals surface area (Å²) in [5.41, 5.74) is 0.592. The fourth-order valence-corrected chi connectivity index (χ4v) is 7.40. The van der Waals surface area contributed by atoms with Crippen molar-refractivity contribution in [2.45, 2.75) is 62.6 Å². The predicted molar refractivity (Wildman–Crippen MR) is 169 cm³/mol. The molecular formula is C30H31Cl4N3O4S. The third-order valence-electron chi connectivity index (χ3n) is 7.25. The summed E-state index contributed by atoms with van der Waals surface area (Å²) < 4.78 is 28.8. The van der Waals surface area contributed by atoms with Gasteiger partial charge in [-0.2, -0.15) is 0 Å². The molecule has 42 heavy (non-hydrogen) atoms. The van der Waals surface area contributed by atoms with Gasteiger partial charge in [0.15, 0.2) is 0 Å². The van der Waals surface area contributed by atoms with Gasteiger partial charge >= 0.3 is 0 Å². The highest BCUT2D eigenvalue weighted by Crippen LogP contribution is 2.36. The van der Waals surface area contributed by atoms with Crippen LogP contribution in [0.1, 0.15) is 44.6 Å². The van der Waals surface area contributed by atoms with Gasteiger partial charge in [-0.25, -0.2) is 8.42 Å². The quantitative estimate of drug-likeness (QED) is 0.231. The topological polar surface area (TPSA) is 86.8 Å². The van der Waals surface area contributed by atoms with Crippen molar-refractivity contribution in [3.8, 4) is 0 Å². The maximum Gasteiger partial charge on any atom is 0.264 e. The van der Waals surface area contributed by atoms with Gasteiger partial charge in [0, 0.05) is 22.6 Å². The SMILES string of the molecule is CCC(C(=O)NC1CCCC1)N(Cc1ccc(Cl)cc1Cl)C(=O)CN(c1cccc(Cl)c1Cl)S(=O)(=O)c1ccccc1. The standard InChI is InChI=1S/C30H31Cl4N3O4S/c1-2-26(30(39)35-22-9-6-7-10-22)36(18-20-15-16-21(31)17-25(20)33)28(38)19-37(27-14-8-13-24(32)29(27)34)42(40,41)23-11-4-3-5-12-23/h3-5,8,11-17,22,26H,2,6-7,9-10,18-19H2,1H3,(H,35,39). The number of benzene rings is 3. The third-order valence-corrected chi connectivity index (χ3v) is 10.4. The molecule has 224 valence electrons. The van der Waals surface area contributed by atoms with E-state index in [0.717, 1.165) is 30.0 Å². The molecule has 1 saturated carbocycles. The van der Waals surface area contributed by atoms with Crippen LogP contribution in [-0.2, 0) is 26.2 Å². The summed E-state index contributed by atoms with van der Waals surface area (Å²) in [6.07, 6.45) is 4.08. The number of rotatable bonds is 11. The van der Waals surface area contributed by atoms with E-state index in [-0.39, 0.29) is 39.1 Å². The summed E-state index contributed by atoms with van der Waals surface area (Å²) in [6, 6.07) is 16.3. The number of hydrogen-bond acceptors (Lipinski definition) is 4. The minimum absolute atomic E-state index is 0.0233. The molecule has 3 aromatic carbocycles. The number of carbonyl (C=O) groups excluding carboxylic acids is 2. The number of halogens is 4. The van der Waals surface area contributed by atoms with Crippen LogP contribution >= 0.6 is 46.4 Å². The zero-order valence-electron chi connectivity index (χ0n) is 22.9. The molecule has 0 bridgehead atoms. The van der Waals surface area contributed by atoms with Crippen LogP contribution in [0, 0.1) is 0 Å². The molecule has 0 heterocycles. The van der Waals surface area contributed by atoms with Crippen molar-refractivity contribution in [3.05, 3.63) is 92.4 Å². The Morgan fingerprint density at radius 3 is 2.26 bits per heavy atom. The minimum atomic E-state index is -4.28. The van der Waals surface area contributed by atoms with Gasteiger partial charge < -0.3 is 10.2 Å². The molecule has 3 aromatic rings. The lowest BCUT2D eigenvalue weighted by atomic mass is 10.1. The monoisotopic (exact) mass is 669 g/mol. The molecule has 0 aliphatic heterocycles. The Bertz CT molecular complexity index is 1530. The number of sulfonamides is 1. The highest BCUT2D eigenvalue weighted by atomic mass is 35.5. The van der Waals surface area contributed by atoms with Crippen molar-refractivity contribution < 1.29 is 18.0 Å². The van der Waals surface area contributed by atoms with Crippen molar-refractivity contribution in [2.75, 3.05) is 10.8 Å². The number of hydrogen-bond donors (Lipinski definition) is 1. The van der Waals surface area contributed by atoms with Crippen LogP contribution < -0.4 is 9.62 Å². The van der Waals surface area contributed by atoms with E-state index in [1.807, 2.05) is 0 Å². The molecule has 4 rings (SSSR count). The number of anilines is 1. The Morgan fingerprint density at radius 1 is 0.929 bits per heavy atom. The number of nitrogens with zero attached hydrogens (tertiary/aromatic N) is 2. The van der Waals surface area contributed by atoms with Gasteiger partial charge in [0.25, 0.3) is 10.0 Å². The van der Waals surface area contributed by atoms with E-state index in [1.165, 1.54) is 29.2 Å². The molecule has 1 fully saturated rings. The van der Waals surface area contributed by atoms with Gasteiger partial charge in [-0.15, -0.1) is 0 Å². The van der Waals surface area contributed by atoms with Crippen molar-refractivity contribution in [1.82, 2.24) is 10.2 Å². The Morgan fingerprint density at radius 2 is 1.62 bits per heavy atom. The fourth-order valence-electron chi connectivity index (χ4n) is 5.04. The lowest BCUT2D eigenvalue weighted by Crippen LogP contribution is -2.53. The highest BCUT2D eigenvalue weighted by molar-refractivity contribution is 7.92. The Hall–Kier alpha value is -2.49. The zero-order chi connectivity index (χ0) is 30.4. The molecule has 1 N–H and O–H groups in total. The van der Waals surface area contributed by atoms with Crippen LogP contribution in [0.3, 0.4) is 0 Å². The maximum absolute atomic E-state index is 14.2. The van der Waals surface area contributed by atoms with Crippen molar-refractivity contribution in [2.24, 2.45) is 0 Å². The smallest absolute Gasteiger partial charge is 0.264 e. The summed E-state index contributed by atoms with van der Waals surface area (Å²) >= 11 is 25.3. The Balaban J connectivity index is 1.76. The third kappa shape index (κ3) is 7.53. The van der Waals surface area contributed by atoms with E-state index < -0.39 is 28.5 Å². The summed E-state index contributed by atoms with van der Waals surface area (Å²) in [4.78, 5) is 29.1. The van der Waals surface area contributed by atoms with E-state index in [2.05, 4.69) is 5.32 Å². The molecule has 0 spiro atoms. The van der Waals surface area contributed by atoms with Crippen LogP contribution in [0.4, 0.5) is 5.69 Å². The second kappa shape index (κ2) is 14.3. The Labute approximate surface area is 266 Å². The number of amides is 2. The van der Waals surface area contributed by atoms with Gasteiger partial charge in [-0.3, -0.25) is 13.9 Å². The van der Waals surface area contributed by atoms with Crippen molar-refractivity contribution in [1.29, 1.82) is 0 Å². The van der Waals surface area contributed by atoms with E-state index in [0.29, 0.717) is 22.0 Å². The first kappa shape index (κ1) is 32.4. The summed E-state index contributed by atoms with van der Waals surface area (Å²) in [7, 11) is -4.28. The lowest BCUT2D eigenvalue weighted by Gasteiger charge is -2.34. The van der Waals surface area contributed by atoms with Gasteiger partial charge in [-0.05, 0) is 61.2 Å². The highest BCUT2D eigenvalue weighted by Gasteiger charge is 2.35. The second-order valence-electron chi connectivity index (χ2n) is 10.1. The zero-order valence-corrected chi connectivity index (χ0v) is 26.7. The van der Waals surface area contributed by atoms with Crippen molar-refractivity contribution >= 4 is 73.9 Å². The summed E-state index contributed by atoms with van der Waals surface area (Å²) in [6.45, 7) is 1.11. The first-order chi connectivity index (χ1) is 20.0. The van der Waals surface area contributed by atoms with Gasteiger partial charge in [0.2, 0.25) is 11.8 Å². The fraction of sp³-hybridized carbons (Fsp3) is 0.333. The molecule has 0 saturated heterocycles. The molecule has 12 heteroatoms. The van der Waals surface area contributed by atoms with E-state index in [9.17, 15) is 18.0 Å². The average Bonchev–Trinajstić information content (AvgIpc) is 3.47. The normalized spacial score (nSPS) is 14.4. The van der Waals surface area contributed by atoms with Crippen LogP contribution in [0.15, 0.2) is 71.6 Å². The number of nitrogens with one attached hydrogen (secondary N) is 1. The molecule has 1 aliphatic rings. The second-order valence-corrected chi connectivity index (χ2v) is 13.6. The first-order valence-electron chi connectivity index (χ1n) is 13.6. The molecule has 1 atom stereocenters.